The van der Waals surface area contributed by atoms with Crippen molar-refractivity contribution in [1.82, 2.24) is 10.3 Å². The Morgan fingerprint density at radius 3 is 2.62 bits per heavy atom. The molecule has 0 radical (unpaired) electrons. The van der Waals surface area contributed by atoms with Gasteiger partial charge in [-0.15, -0.1) is 0 Å². The summed E-state index contributed by atoms with van der Waals surface area (Å²) in [5.41, 5.74) is 1.68. The fraction of sp³-hybridized carbons (Fsp3) is 0.316. The maximum absolute atomic E-state index is 11.8. The van der Waals surface area contributed by atoms with Crippen molar-refractivity contribution in [2.75, 3.05) is 24.2 Å². The first-order valence-electron chi connectivity index (χ1n) is 8.54. The highest BCUT2D eigenvalue weighted by molar-refractivity contribution is 8.76. The van der Waals surface area contributed by atoms with Crippen molar-refractivity contribution in [1.29, 1.82) is 0 Å². The van der Waals surface area contributed by atoms with E-state index in [2.05, 4.69) is 15.6 Å². The Labute approximate surface area is 162 Å². The Hall–Kier alpha value is -1.99. The summed E-state index contributed by atoms with van der Waals surface area (Å²) >= 11 is 0. The number of anilines is 1. The lowest BCUT2D eigenvalue weighted by molar-refractivity contribution is -0.120. The summed E-state index contributed by atoms with van der Waals surface area (Å²) in [5.74, 6) is 0.863. The average molecular weight is 390 g/mol. The first kappa shape index (κ1) is 20.3. The molecule has 0 saturated heterocycles. The minimum absolute atomic E-state index is 0.0940. The first-order valence-corrected chi connectivity index (χ1v) is 10.9. The number of aldehydes is 1. The summed E-state index contributed by atoms with van der Waals surface area (Å²) in [7, 11) is 3.24. The summed E-state index contributed by atoms with van der Waals surface area (Å²) < 4.78 is 0. The molecule has 0 aliphatic carbocycles. The molecule has 0 saturated carbocycles. The van der Waals surface area contributed by atoms with Crippen LogP contribution in [0.2, 0.25) is 0 Å². The molecule has 0 bridgehead atoms. The molecule has 5 nitrogen and oxygen atoms in total. The van der Waals surface area contributed by atoms with Crippen LogP contribution in [0.25, 0.3) is 0 Å². The zero-order valence-corrected chi connectivity index (χ0v) is 16.2. The van der Waals surface area contributed by atoms with Crippen LogP contribution in [0.4, 0.5) is 5.69 Å². The topological polar surface area (TPSA) is 71.1 Å². The zero-order chi connectivity index (χ0) is 18.5. The molecule has 0 unspecified atom stereocenters. The third-order valence-electron chi connectivity index (χ3n) is 3.50. The molecule has 26 heavy (non-hydrogen) atoms. The average Bonchev–Trinajstić information content (AvgIpc) is 2.69. The van der Waals surface area contributed by atoms with Crippen LogP contribution in [0.15, 0.2) is 53.7 Å². The Bertz CT molecular complexity index is 666. The van der Waals surface area contributed by atoms with Gasteiger partial charge in [0.15, 0.2) is 0 Å². The molecule has 7 heteroatoms. The molecule has 1 amide bonds. The molecule has 0 fully saturated rings. The summed E-state index contributed by atoms with van der Waals surface area (Å²) in [4.78, 5) is 26.6. The van der Waals surface area contributed by atoms with Crippen molar-refractivity contribution in [2.45, 2.75) is 24.3 Å². The maximum Gasteiger partial charge on any atom is 0.220 e. The van der Waals surface area contributed by atoms with E-state index in [1.54, 1.807) is 39.9 Å². The van der Waals surface area contributed by atoms with Crippen LogP contribution in [0.5, 0.6) is 0 Å². The number of aromatic nitrogens is 1. The zero-order valence-electron chi connectivity index (χ0n) is 14.5. The molecule has 0 aliphatic rings. The van der Waals surface area contributed by atoms with E-state index in [9.17, 15) is 9.59 Å². The predicted octanol–water partition coefficient (Wildman–Crippen LogP) is 4.03. The minimum atomic E-state index is 0.0940. The van der Waals surface area contributed by atoms with E-state index in [4.69, 9.17) is 0 Å². The number of nitrogens with one attached hydrogen (secondary N) is 2. The molecule has 0 aliphatic heterocycles. The van der Waals surface area contributed by atoms with Crippen LogP contribution in [0.1, 0.15) is 29.6 Å². The highest BCUT2D eigenvalue weighted by Gasteiger charge is 2.02. The standard InChI is InChI=1S/C19H23N3O2S2/c23-15-16-6-8-17(9-7-16)20-11-3-4-12-21-18(24)10-14-25-26-19-5-1-2-13-22-19/h1-2,5-9,13,15,20H,3-4,10-12,14H2,(H,21,24). The lowest BCUT2D eigenvalue weighted by Gasteiger charge is -2.07. The highest BCUT2D eigenvalue weighted by Crippen LogP contribution is 2.29. The molecular weight excluding hydrogens is 366 g/mol. The maximum atomic E-state index is 11.8. The van der Waals surface area contributed by atoms with E-state index < -0.39 is 0 Å². The molecule has 1 heterocycles. The molecule has 2 rings (SSSR count). The fourth-order valence-electron chi connectivity index (χ4n) is 2.11. The number of hydrogen-bond donors (Lipinski definition) is 2. The Morgan fingerprint density at radius 2 is 1.88 bits per heavy atom. The largest absolute Gasteiger partial charge is 0.385 e. The van der Waals surface area contributed by atoms with Gasteiger partial charge >= 0.3 is 0 Å². The summed E-state index contributed by atoms with van der Waals surface area (Å²) in [6.07, 6.45) is 5.03. The second-order valence-corrected chi connectivity index (χ2v) is 7.98. The van der Waals surface area contributed by atoms with Crippen molar-refractivity contribution in [3.63, 3.8) is 0 Å². The van der Waals surface area contributed by atoms with Crippen LogP contribution in [-0.4, -0.2) is 36.0 Å². The van der Waals surface area contributed by atoms with Gasteiger partial charge in [0.2, 0.25) is 5.91 Å². The number of unbranched alkanes of at least 4 members (excludes halogenated alkanes) is 1. The molecule has 1 aromatic carbocycles. The van der Waals surface area contributed by atoms with Gasteiger partial charge in [-0.2, -0.15) is 0 Å². The number of carbonyl (C=O) groups is 2. The van der Waals surface area contributed by atoms with Gasteiger partial charge in [0, 0.05) is 42.7 Å². The number of rotatable bonds is 12. The first-order chi connectivity index (χ1) is 12.8. The van der Waals surface area contributed by atoms with E-state index in [1.807, 2.05) is 30.3 Å². The quantitative estimate of drug-likeness (QED) is 0.324. The van der Waals surface area contributed by atoms with E-state index >= 15 is 0 Å². The molecular formula is C19H23N3O2S2. The summed E-state index contributed by atoms with van der Waals surface area (Å²) in [6.45, 7) is 1.54. The number of amides is 1. The van der Waals surface area contributed by atoms with Crippen LogP contribution in [-0.2, 0) is 4.79 Å². The fourth-order valence-corrected chi connectivity index (χ4v) is 3.98. The Balaban J connectivity index is 1.45. The normalized spacial score (nSPS) is 10.3. The molecule has 2 N–H and O–H groups in total. The molecule has 2 aromatic rings. The van der Waals surface area contributed by atoms with E-state index in [0.29, 0.717) is 18.5 Å². The van der Waals surface area contributed by atoms with Crippen molar-refractivity contribution in [3.8, 4) is 0 Å². The molecule has 0 atom stereocenters. The number of carbonyl (C=O) groups excluding carboxylic acids is 2. The van der Waals surface area contributed by atoms with Gasteiger partial charge in [-0.05, 0) is 60.0 Å². The monoisotopic (exact) mass is 389 g/mol. The number of nitrogens with zero attached hydrogens (tertiary/aromatic N) is 1. The van der Waals surface area contributed by atoms with E-state index in [0.717, 1.165) is 42.1 Å². The van der Waals surface area contributed by atoms with Gasteiger partial charge < -0.3 is 10.6 Å². The Morgan fingerprint density at radius 1 is 1.08 bits per heavy atom. The van der Waals surface area contributed by atoms with Gasteiger partial charge in [-0.3, -0.25) is 9.59 Å². The predicted molar refractivity (Wildman–Crippen MR) is 110 cm³/mol. The molecule has 138 valence electrons. The van der Waals surface area contributed by atoms with Crippen molar-refractivity contribution < 1.29 is 9.59 Å². The highest BCUT2D eigenvalue weighted by atomic mass is 33.1. The van der Waals surface area contributed by atoms with Crippen LogP contribution >= 0.6 is 21.6 Å². The van der Waals surface area contributed by atoms with Crippen LogP contribution in [0, 0.1) is 0 Å². The Kier molecular flexibility index (Phi) is 9.67. The second-order valence-electron chi connectivity index (χ2n) is 5.55. The third kappa shape index (κ3) is 8.40. The lowest BCUT2D eigenvalue weighted by Crippen LogP contribution is -2.24. The second kappa shape index (κ2) is 12.4. The van der Waals surface area contributed by atoms with Crippen molar-refractivity contribution in [2.24, 2.45) is 0 Å². The number of hydrogen-bond acceptors (Lipinski definition) is 6. The van der Waals surface area contributed by atoms with Gasteiger partial charge in [0.25, 0.3) is 0 Å². The van der Waals surface area contributed by atoms with Crippen molar-refractivity contribution in [3.05, 3.63) is 54.2 Å². The lowest BCUT2D eigenvalue weighted by atomic mass is 10.2. The van der Waals surface area contributed by atoms with Gasteiger partial charge in [0.05, 0.1) is 0 Å². The minimum Gasteiger partial charge on any atom is -0.385 e. The smallest absolute Gasteiger partial charge is 0.220 e. The third-order valence-corrected chi connectivity index (χ3v) is 5.76. The van der Waals surface area contributed by atoms with Crippen LogP contribution < -0.4 is 10.6 Å². The number of benzene rings is 1. The van der Waals surface area contributed by atoms with Gasteiger partial charge in [-0.1, -0.05) is 16.9 Å². The van der Waals surface area contributed by atoms with E-state index in [-0.39, 0.29) is 5.91 Å². The SMILES string of the molecule is O=Cc1ccc(NCCCCNC(=O)CCSSc2ccccn2)cc1. The number of pyridine rings is 1. The molecule has 0 spiro atoms. The van der Waals surface area contributed by atoms with Gasteiger partial charge in [0.1, 0.15) is 11.3 Å². The summed E-state index contributed by atoms with van der Waals surface area (Å²) in [6, 6.07) is 13.2. The van der Waals surface area contributed by atoms with E-state index in [1.165, 1.54) is 0 Å². The molecule has 1 aromatic heterocycles. The summed E-state index contributed by atoms with van der Waals surface area (Å²) in [5, 5.41) is 7.22. The van der Waals surface area contributed by atoms with Crippen LogP contribution in [0.3, 0.4) is 0 Å². The van der Waals surface area contributed by atoms with Crippen molar-refractivity contribution >= 4 is 39.5 Å². The van der Waals surface area contributed by atoms with Gasteiger partial charge in [-0.25, -0.2) is 4.98 Å².